The van der Waals surface area contributed by atoms with Crippen LogP contribution in [0.1, 0.15) is 62.0 Å². The molecule has 0 spiro atoms. The minimum Gasteiger partial charge on any atom is -0.405 e. The van der Waals surface area contributed by atoms with Gasteiger partial charge in [-0.25, -0.2) is 8.78 Å². The highest BCUT2D eigenvalue weighted by atomic mass is 19.1. The van der Waals surface area contributed by atoms with Gasteiger partial charge in [-0.3, -0.25) is 15.0 Å². The third-order valence-corrected chi connectivity index (χ3v) is 8.67. The van der Waals surface area contributed by atoms with Gasteiger partial charge in [-0.05, 0) is 92.8 Å². The van der Waals surface area contributed by atoms with Crippen molar-refractivity contribution in [3.63, 3.8) is 0 Å². The van der Waals surface area contributed by atoms with Gasteiger partial charge < -0.3 is 20.9 Å². The van der Waals surface area contributed by atoms with Gasteiger partial charge in [0.1, 0.15) is 23.2 Å². The molecule has 0 unspecified atom stereocenters. The van der Waals surface area contributed by atoms with E-state index in [0.717, 1.165) is 73.0 Å². The topological polar surface area (TPSA) is 82.1 Å². The molecule has 9 heteroatoms. The lowest BCUT2D eigenvalue weighted by Crippen LogP contribution is -2.50. The molecule has 3 fully saturated rings. The fourth-order valence-corrected chi connectivity index (χ4v) is 5.94. The van der Waals surface area contributed by atoms with Gasteiger partial charge in [0.15, 0.2) is 0 Å². The van der Waals surface area contributed by atoms with E-state index in [0.29, 0.717) is 17.7 Å². The minimum absolute atomic E-state index is 0.250. The Hall–Kier alpha value is -3.85. The first-order chi connectivity index (χ1) is 20.4. The number of para-hydroxylation sites is 1. The van der Waals surface area contributed by atoms with Gasteiger partial charge in [-0.2, -0.15) is 0 Å². The van der Waals surface area contributed by atoms with Gasteiger partial charge in [0.2, 0.25) is 0 Å². The zero-order valence-electron chi connectivity index (χ0n) is 24.4. The molecule has 0 radical (unpaired) electrons. The maximum Gasteiger partial charge on any atom is 0.149 e. The minimum atomic E-state index is -0.694. The number of benzene rings is 1. The second-order valence-electron chi connectivity index (χ2n) is 11.5. The van der Waals surface area contributed by atoms with Crippen LogP contribution in [-0.4, -0.2) is 66.1 Å². The summed E-state index contributed by atoms with van der Waals surface area (Å²) in [5, 5.41) is 2.74. The van der Waals surface area contributed by atoms with E-state index in [1.807, 2.05) is 6.20 Å². The Labute approximate surface area is 247 Å². The summed E-state index contributed by atoms with van der Waals surface area (Å²) in [5.74, 6) is -0.105. The van der Waals surface area contributed by atoms with Crippen LogP contribution in [0.15, 0.2) is 76.8 Å². The lowest BCUT2D eigenvalue weighted by Gasteiger charge is -2.44. The first kappa shape index (κ1) is 29.6. The lowest BCUT2D eigenvalue weighted by atomic mass is 9.89. The number of nitrogens with one attached hydrogen (secondary N) is 1. The number of rotatable bonds is 11. The molecule has 2 aliphatic carbocycles. The Morgan fingerprint density at radius 2 is 1.86 bits per heavy atom. The van der Waals surface area contributed by atoms with Crippen LogP contribution in [0.4, 0.5) is 20.2 Å². The Bertz CT molecular complexity index is 1360. The number of likely N-dealkylation sites (tertiary alicyclic amines) is 1. The van der Waals surface area contributed by atoms with Crippen molar-refractivity contribution in [3.05, 3.63) is 89.6 Å². The van der Waals surface area contributed by atoms with Crippen LogP contribution in [0.25, 0.3) is 0 Å². The molecule has 3 N–H and O–H groups in total. The number of hydrogen-bond acceptors (Lipinski definition) is 6. The standard InChI is InChI=1S/C33H41F2N7/c1-22(40-32-28(34)8-5-9-29(32)35)18-23(12-15-36)19-39-33(31-27(24-10-11-24)20-38-21-30(31)37-2)41(3)25-13-16-42(17-14-25)26-6-4-7-26/h5,8-9,12,15,18,20-21,24-26,40H,1-2,4,6-7,10-11,13-14,16-17,19,36H2,3H3/b15-12-,23-18+,39-33?. The van der Waals surface area contributed by atoms with Crippen molar-refractivity contribution >= 4 is 23.9 Å². The van der Waals surface area contributed by atoms with Crippen molar-refractivity contribution < 1.29 is 8.78 Å². The molecule has 222 valence electrons. The summed E-state index contributed by atoms with van der Waals surface area (Å²) in [6.07, 6.45) is 16.9. The number of aliphatic imine (C=N–C) groups is 2. The Morgan fingerprint density at radius 3 is 2.45 bits per heavy atom. The highest BCUT2D eigenvalue weighted by molar-refractivity contribution is 6.04. The van der Waals surface area contributed by atoms with Crippen LogP contribution in [0.2, 0.25) is 0 Å². The number of piperidine rings is 1. The molecular weight excluding hydrogens is 532 g/mol. The molecule has 5 rings (SSSR count). The predicted molar refractivity (Wildman–Crippen MR) is 167 cm³/mol. The van der Waals surface area contributed by atoms with Gasteiger partial charge in [0.05, 0.1) is 18.4 Å². The molecular formula is C33H41F2N7. The second-order valence-corrected chi connectivity index (χ2v) is 11.5. The van der Waals surface area contributed by atoms with Crippen molar-refractivity contribution in [2.24, 2.45) is 15.7 Å². The van der Waals surface area contributed by atoms with Crippen LogP contribution >= 0.6 is 0 Å². The summed E-state index contributed by atoms with van der Waals surface area (Å²) < 4.78 is 28.5. The van der Waals surface area contributed by atoms with Crippen LogP contribution in [0, 0.1) is 11.6 Å². The number of anilines is 1. The number of halogens is 2. The summed E-state index contributed by atoms with van der Waals surface area (Å²) in [6, 6.07) is 4.80. The zero-order valence-corrected chi connectivity index (χ0v) is 24.4. The normalized spacial score (nSPS) is 19.1. The monoisotopic (exact) mass is 573 g/mol. The highest BCUT2D eigenvalue weighted by Gasteiger charge is 2.34. The summed E-state index contributed by atoms with van der Waals surface area (Å²) in [5.41, 5.74) is 9.43. The summed E-state index contributed by atoms with van der Waals surface area (Å²) in [7, 11) is 2.12. The van der Waals surface area contributed by atoms with Crippen LogP contribution < -0.4 is 11.1 Å². The molecule has 2 saturated carbocycles. The number of amidine groups is 1. The predicted octanol–water partition coefficient (Wildman–Crippen LogP) is 6.29. The van der Waals surface area contributed by atoms with Crippen LogP contribution in [-0.2, 0) is 0 Å². The molecule has 1 saturated heterocycles. The molecule has 3 aliphatic rings. The largest absolute Gasteiger partial charge is 0.405 e. The van der Waals surface area contributed by atoms with Crippen molar-refractivity contribution in [3.8, 4) is 0 Å². The molecule has 2 heterocycles. The van der Waals surface area contributed by atoms with Gasteiger partial charge in [-0.15, -0.1) is 0 Å². The quantitative estimate of drug-likeness (QED) is 0.188. The zero-order chi connectivity index (χ0) is 29.6. The molecule has 0 amide bonds. The van der Waals surface area contributed by atoms with E-state index in [2.05, 4.69) is 45.4 Å². The number of allylic oxidation sites excluding steroid dienone is 1. The molecule has 7 nitrogen and oxygen atoms in total. The van der Waals surface area contributed by atoms with Crippen LogP contribution in [0.3, 0.4) is 0 Å². The Balaban J connectivity index is 1.44. The Morgan fingerprint density at radius 1 is 1.14 bits per heavy atom. The molecule has 1 aromatic carbocycles. The van der Waals surface area contributed by atoms with Crippen molar-refractivity contribution in [1.29, 1.82) is 0 Å². The van der Waals surface area contributed by atoms with Gasteiger partial charge >= 0.3 is 0 Å². The van der Waals surface area contributed by atoms with E-state index in [1.165, 1.54) is 43.7 Å². The maximum absolute atomic E-state index is 14.2. The number of nitrogens with zero attached hydrogens (tertiary/aromatic N) is 5. The SMILES string of the molecule is C=Nc1cncc(C2CC2)c1C(=NCC(/C=C\N)=C/C(=C)Nc1c(F)cccc1F)N(C)C1CCN(C2CCC2)CC1. The van der Waals surface area contributed by atoms with E-state index >= 15 is 0 Å². The molecule has 2 aromatic rings. The highest BCUT2D eigenvalue weighted by Crippen LogP contribution is 2.44. The van der Waals surface area contributed by atoms with Gasteiger partial charge in [0.25, 0.3) is 0 Å². The smallest absolute Gasteiger partial charge is 0.149 e. The van der Waals surface area contributed by atoms with Crippen molar-refractivity contribution in [2.45, 2.75) is 62.9 Å². The van der Waals surface area contributed by atoms with E-state index < -0.39 is 11.6 Å². The van der Waals surface area contributed by atoms with E-state index in [4.69, 9.17) is 10.7 Å². The van der Waals surface area contributed by atoms with E-state index in [-0.39, 0.29) is 12.2 Å². The molecule has 0 atom stereocenters. The summed E-state index contributed by atoms with van der Waals surface area (Å²) in [4.78, 5) is 18.9. The van der Waals surface area contributed by atoms with Gasteiger partial charge in [0, 0.05) is 49.7 Å². The first-order valence-electron chi connectivity index (χ1n) is 14.8. The molecule has 0 bridgehead atoms. The number of nitrogens with two attached hydrogens (primary N) is 1. The summed E-state index contributed by atoms with van der Waals surface area (Å²) >= 11 is 0. The maximum atomic E-state index is 14.2. The number of hydrogen-bond donors (Lipinski definition) is 2. The average Bonchev–Trinajstić information content (AvgIpc) is 3.80. The first-order valence-corrected chi connectivity index (χ1v) is 14.8. The van der Waals surface area contributed by atoms with Crippen LogP contribution in [0.5, 0.6) is 0 Å². The number of pyridine rings is 1. The summed E-state index contributed by atoms with van der Waals surface area (Å²) in [6.45, 7) is 10.3. The fraction of sp³-hybridized carbons (Fsp3) is 0.424. The van der Waals surface area contributed by atoms with E-state index in [9.17, 15) is 8.78 Å². The van der Waals surface area contributed by atoms with Crippen molar-refractivity contribution in [1.82, 2.24) is 14.8 Å². The molecule has 42 heavy (non-hydrogen) atoms. The third kappa shape index (κ3) is 6.78. The molecule has 1 aliphatic heterocycles. The average molecular weight is 574 g/mol. The lowest BCUT2D eigenvalue weighted by molar-refractivity contribution is 0.0796. The van der Waals surface area contributed by atoms with Crippen molar-refractivity contribution in [2.75, 3.05) is 32.0 Å². The Kier molecular flexibility index (Phi) is 9.47. The van der Waals surface area contributed by atoms with Gasteiger partial charge in [-0.1, -0.05) is 19.1 Å². The second kappa shape index (κ2) is 13.4. The fourth-order valence-electron chi connectivity index (χ4n) is 5.94. The number of aromatic nitrogens is 1. The van der Waals surface area contributed by atoms with E-state index in [1.54, 1.807) is 18.3 Å². The molecule has 1 aromatic heterocycles. The third-order valence-electron chi connectivity index (χ3n) is 8.67.